The average molecular weight is 318 g/mol. The molecule has 0 spiro atoms. The Hall–Kier alpha value is -2.37. The van der Waals surface area contributed by atoms with E-state index in [0.29, 0.717) is 11.4 Å². The normalized spacial score (nSPS) is 15.3. The highest BCUT2D eigenvalue weighted by Crippen LogP contribution is 2.22. The molecule has 1 amide bonds. The zero-order chi connectivity index (χ0) is 16.5. The molecule has 0 unspecified atom stereocenters. The highest BCUT2D eigenvalue weighted by atomic mass is 16.5. The van der Waals surface area contributed by atoms with Crippen molar-refractivity contribution in [1.29, 1.82) is 0 Å². The second-order valence-corrected chi connectivity index (χ2v) is 5.40. The van der Waals surface area contributed by atoms with Crippen LogP contribution in [0.5, 0.6) is 5.88 Å². The molecule has 1 heterocycles. The fourth-order valence-electron chi connectivity index (χ4n) is 2.45. The van der Waals surface area contributed by atoms with E-state index in [2.05, 4.69) is 15.0 Å². The van der Waals surface area contributed by atoms with Crippen molar-refractivity contribution in [2.75, 3.05) is 13.7 Å². The van der Waals surface area contributed by atoms with E-state index in [1.807, 2.05) is 0 Å². The molecule has 23 heavy (non-hydrogen) atoms. The van der Waals surface area contributed by atoms with Gasteiger partial charge < -0.3 is 14.8 Å². The molecule has 2 rings (SSSR count). The van der Waals surface area contributed by atoms with Crippen molar-refractivity contribution in [3.8, 4) is 5.88 Å². The van der Waals surface area contributed by atoms with Gasteiger partial charge in [0.25, 0.3) is 5.91 Å². The van der Waals surface area contributed by atoms with Crippen LogP contribution < -0.4 is 10.1 Å². The molecule has 6 heteroatoms. The van der Waals surface area contributed by atoms with Gasteiger partial charge in [-0.2, -0.15) is 0 Å². The van der Waals surface area contributed by atoms with E-state index in [1.54, 1.807) is 18.3 Å². The van der Waals surface area contributed by atoms with E-state index >= 15 is 0 Å². The third-order valence-electron chi connectivity index (χ3n) is 3.67. The number of ether oxygens (including phenoxy) is 2. The van der Waals surface area contributed by atoms with Crippen LogP contribution in [-0.4, -0.2) is 36.6 Å². The first kappa shape index (κ1) is 17.0. The molecule has 0 aromatic carbocycles. The SMILES string of the molecule is COC(=O)/C=C/CNC(=O)c1ccnc(OC2CCCCC2)c1. The van der Waals surface area contributed by atoms with Gasteiger partial charge in [-0.3, -0.25) is 4.79 Å². The number of methoxy groups -OCH3 is 1. The fourth-order valence-corrected chi connectivity index (χ4v) is 2.45. The topological polar surface area (TPSA) is 77.5 Å². The number of esters is 1. The summed E-state index contributed by atoms with van der Waals surface area (Å²) in [6, 6.07) is 3.28. The van der Waals surface area contributed by atoms with E-state index in [1.165, 1.54) is 38.5 Å². The van der Waals surface area contributed by atoms with Crippen molar-refractivity contribution in [2.24, 2.45) is 0 Å². The lowest BCUT2D eigenvalue weighted by Gasteiger charge is -2.22. The first-order valence-electron chi connectivity index (χ1n) is 7.84. The molecular formula is C17H22N2O4. The molecule has 0 aliphatic heterocycles. The van der Waals surface area contributed by atoms with Gasteiger partial charge in [-0.1, -0.05) is 12.5 Å². The Morgan fingerprint density at radius 1 is 1.35 bits per heavy atom. The molecule has 0 atom stereocenters. The van der Waals surface area contributed by atoms with E-state index in [4.69, 9.17) is 4.74 Å². The molecule has 6 nitrogen and oxygen atoms in total. The molecule has 1 aliphatic carbocycles. The minimum atomic E-state index is -0.452. The summed E-state index contributed by atoms with van der Waals surface area (Å²) in [5.74, 6) is -0.212. The molecular weight excluding hydrogens is 296 g/mol. The number of rotatable bonds is 6. The molecule has 1 aromatic heterocycles. The lowest BCUT2D eigenvalue weighted by molar-refractivity contribution is -0.134. The highest BCUT2D eigenvalue weighted by Gasteiger charge is 2.16. The van der Waals surface area contributed by atoms with Crippen molar-refractivity contribution in [2.45, 2.75) is 38.2 Å². The second-order valence-electron chi connectivity index (χ2n) is 5.40. The summed E-state index contributed by atoms with van der Waals surface area (Å²) in [4.78, 5) is 27.1. The van der Waals surface area contributed by atoms with Gasteiger partial charge in [0.2, 0.25) is 5.88 Å². The molecule has 0 saturated heterocycles. The number of amides is 1. The maximum Gasteiger partial charge on any atom is 0.330 e. The summed E-state index contributed by atoms with van der Waals surface area (Å²) in [5, 5.41) is 2.69. The predicted octanol–water partition coefficient (Wildman–Crippen LogP) is 2.25. The first-order valence-corrected chi connectivity index (χ1v) is 7.84. The smallest absolute Gasteiger partial charge is 0.330 e. The average Bonchev–Trinajstić information content (AvgIpc) is 2.59. The van der Waals surface area contributed by atoms with Gasteiger partial charge in [0.15, 0.2) is 0 Å². The molecule has 1 aliphatic rings. The molecule has 1 fully saturated rings. The number of aromatic nitrogens is 1. The molecule has 1 aromatic rings. The summed E-state index contributed by atoms with van der Waals surface area (Å²) < 4.78 is 10.3. The van der Waals surface area contributed by atoms with Gasteiger partial charge >= 0.3 is 5.97 Å². The van der Waals surface area contributed by atoms with Gasteiger partial charge in [0, 0.05) is 30.4 Å². The van der Waals surface area contributed by atoms with Crippen LogP contribution in [0, 0.1) is 0 Å². The molecule has 124 valence electrons. The van der Waals surface area contributed by atoms with Crippen molar-refractivity contribution < 1.29 is 19.1 Å². The van der Waals surface area contributed by atoms with Crippen LogP contribution in [0.1, 0.15) is 42.5 Å². The van der Waals surface area contributed by atoms with Crippen molar-refractivity contribution in [1.82, 2.24) is 10.3 Å². The van der Waals surface area contributed by atoms with Crippen LogP contribution in [0.3, 0.4) is 0 Å². The Morgan fingerprint density at radius 3 is 2.87 bits per heavy atom. The summed E-state index contributed by atoms with van der Waals surface area (Å²) in [6.07, 6.45) is 10.3. The van der Waals surface area contributed by atoms with Crippen LogP contribution in [-0.2, 0) is 9.53 Å². The Kier molecular flexibility index (Phi) is 6.59. The van der Waals surface area contributed by atoms with Crippen LogP contribution >= 0.6 is 0 Å². The number of nitrogens with one attached hydrogen (secondary N) is 1. The minimum Gasteiger partial charge on any atom is -0.474 e. The van der Waals surface area contributed by atoms with Crippen LogP contribution in [0.4, 0.5) is 0 Å². The van der Waals surface area contributed by atoms with Gasteiger partial charge in [-0.15, -0.1) is 0 Å². The lowest BCUT2D eigenvalue weighted by Crippen LogP contribution is -2.24. The van der Waals surface area contributed by atoms with Gasteiger partial charge in [0.05, 0.1) is 7.11 Å². The number of hydrogen-bond donors (Lipinski definition) is 1. The monoisotopic (exact) mass is 318 g/mol. The zero-order valence-electron chi connectivity index (χ0n) is 13.3. The predicted molar refractivity (Wildman–Crippen MR) is 85.2 cm³/mol. The molecule has 1 saturated carbocycles. The van der Waals surface area contributed by atoms with E-state index in [9.17, 15) is 9.59 Å². The lowest BCUT2D eigenvalue weighted by atomic mass is 9.98. The number of pyridine rings is 1. The largest absolute Gasteiger partial charge is 0.474 e. The van der Waals surface area contributed by atoms with Crippen molar-refractivity contribution >= 4 is 11.9 Å². The Balaban J connectivity index is 1.86. The number of carbonyl (C=O) groups excluding carboxylic acids is 2. The summed E-state index contributed by atoms with van der Waals surface area (Å²) in [5.41, 5.74) is 0.484. The number of hydrogen-bond acceptors (Lipinski definition) is 5. The zero-order valence-corrected chi connectivity index (χ0v) is 13.3. The van der Waals surface area contributed by atoms with Crippen molar-refractivity contribution in [3.05, 3.63) is 36.0 Å². The third kappa shape index (κ3) is 5.73. The van der Waals surface area contributed by atoms with Crippen LogP contribution in [0.2, 0.25) is 0 Å². The Morgan fingerprint density at radius 2 is 2.13 bits per heavy atom. The van der Waals surface area contributed by atoms with Gasteiger partial charge in [0.1, 0.15) is 6.10 Å². The maximum absolute atomic E-state index is 12.1. The van der Waals surface area contributed by atoms with E-state index in [0.717, 1.165) is 12.8 Å². The van der Waals surface area contributed by atoms with Crippen LogP contribution in [0.25, 0.3) is 0 Å². The summed E-state index contributed by atoms with van der Waals surface area (Å²) >= 11 is 0. The quantitative estimate of drug-likeness (QED) is 0.643. The van der Waals surface area contributed by atoms with Gasteiger partial charge in [-0.05, 0) is 31.7 Å². The number of nitrogens with zero attached hydrogens (tertiary/aromatic N) is 1. The summed E-state index contributed by atoms with van der Waals surface area (Å²) in [6.45, 7) is 0.245. The Bertz CT molecular complexity index is 565. The third-order valence-corrected chi connectivity index (χ3v) is 3.67. The standard InChI is InChI=1S/C17H22N2O4/c1-22-16(20)8-5-10-19-17(21)13-9-11-18-15(12-13)23-14-6-3-2-4-7-14/h5,8-9,11-12,14H,2-4,6-7,10H2,1H3,(H,19,21)/b8-5+. The second kappa shape index (κ2) is 8.92. The summed E-state index contributed by atoms with van der Waals surface area (Å²) in [7, 11) is 1.30. The number of carbonyl (C=O) groups is 2. The van der Waals surface area contributed by atoms with Gasteiger partial charge in [-0.25, -0.2) is 9.78 Å². The molecule has 0 radical (unpaired) electrons. The molecule has 1 N–H and O–H groups in total. The first-order chi connectivity index (χ1) is 11.2. The van der Waals surface area contributed by atoms with E-state index < -0.39 is 5.97 Å². The highest BCUT2D eigenvalue weighted by molar-refractivity contribution is 5.94. The maximum atomic E-state index is 12.1. The van der Waals surface area contributed by atoms with Crippen molar-refractivity contribution in [3.63, 3.8) is 0 Å². The Labute approximate surface area is 135 Å². The van der Waals surface area contributed by atoms with Crippen LogP contribution in [0.15, 0.2) is 30.5 Å². The van der Waals surface area contributed by atoms with E-state index in [-0.39, 0.29) is 18.6 Å². The minimum absolute atomic E-state index is 0.192. The fraction of sp³-hybridized carbons (Fsp3) is 0.471. The molecule has 0 bridgehead atoms.